The highest BCUT2D eigenvalue weighted by atomic mass is 16.5. The zero-order valence-corrected chi connectivity index (χ0v) is 19.5. The lowest BCUT2D eigenvalue weighted by Crippen LogP contribution is -2.41. The number of para-hydroxylation sites is 2. The monoisotopic (exact) mass is 429 g/mol. The summed E-state index contributed by atoms with van der Waals surface area (Å²) in [6, 6.07) is 8.80. The second-order valence-corrected chi connectivity index (χ2v) is 8.47. The Morgan fingerprint density at radius 2 is 1.87 bits per heavy atom. The van der Waals surface area contributed by atoms with Crippen LogP contribution in [-0.4, -0.2) is 46.3 Å². The van der Waals surface area contributed by atoms with Crippen molar-refractivity contribution in [3.8, 4) is 5.75 Å². The van der Waals surface area contributed by atoms with Gasteiger partial charge in [0, 0.05) is 25.1 Å². The number of nitrogens with one attached hydrogen (secondary N) is 2. The van der Waals surface area contributed by atoms with Crippen LogP contribution in [-0.2, 0) is 17.3 Å². The Labute approximate surface area is 185 Å². The fraction of sp³-hybridized carbons (Fsp3) is 0.522. The summed E-state index contributed by atoms with van der Waals surface area (Å²) in [6.45, 7) is 11.1. The molecule has 0 radical (unpaired) electrons. The number of carbonyl (C=O) groups excluding carboxylic acids is 2. The van der Waals surface area contributed by atoms with Gasteiger partial charge in [-0.15, -0.1) is 0 Å². The van der Waals surface area contributed by atoms with Gasteiger partial charge in [-0.1, -0.05) is 46.2 Å². The van der Waals surface area contributed by atoms with Gasteiger partial charge in [-0.05, 0) is 25.5 Å². The molecule has 0 unspecified atom stereocenters. The molecule has 0 saturated heterocycles. The molecule has 0 aliphatic rings. The predicted octanol–water partition coefficient (Wildman–Crippen LogP) is 4.39. The average molecular weight is 430 g/mol. The number of hydrogen-bond donors (Lipinski definition) is 2. The molecule has 0 fully saturated rings. The number of ether oxygens (including phenoxy) is 1. The number of urea groups is 1. The van der Waals surface area contributed by atoms with E-state index >= 15 is 0 Å². The number of aromatic nitrogens is 2. The van der Waals surface area contributed by atoms with Crippen molar-refractivity contribution in [1.29, 1.82) is 0 Å². The number of carbonyl (C=O) groups is 2. The van der Waals surface area contributed by atoms with Gasteiger partial charge in [0.15, 0.2) is 0 Å². The first-order valence-electron chi connectivity index (χ1n) is 10.8. The zero-order chi connectivity index (χ0) is 23.0. The van der Waals surface area contributed by atoms with E-state index in [1.54, 1.807) is 23.9 Å². The lowest BCUT2D eigenvalue weighted by molar-refractivity contribution is -0.116. The summed E-state index contributed by atoms with van der Waals surface area (Å²) in [7, 11) is 1.79. The molecule has 8 heteroatoms. The van der Waals surface area contributed by atoms with E-state index in [9.17, 15) is 9.59 Å². The molecule has 0 atom stereocenters. The molecule has 0 aliphatic carbocycles. The van der Waals surface area contributed by atoms with E-state index in [4.69, 9.17) is 4.74 Å². The van der Waals surface area contributed by atoms with Crippen LogP contribution in [0.1, 0.15) is 53.2 Å². The van der Waals surface area contributed by atoms with E-state index in [2.05, 4.69) is 36.5 Å². The Morgan fingerprint density at radius 3 is 2.48 bits per heavy atom. The molecule has 2 aromatic rings. The number of benzene rings is 1. The van der Waals surface area contributed by atoms with E-state index in [0.29, 0.717) is 30.4 Å². The van der Waals surface area contributed by atoms with Gasteiger partial charge in [0.05, 0.1) is 18.0 Å². The lowest BCUT2D eigenvalue weighted by atomic mass is 9.92. The fourth-order valence-electron chi connectivity index (χ4n) is 2.95. The van der Waals surface area contributed by atoms with Crippen molar-refractivity contribution in [3.63, 3.8) is 0 Å². The first kappa shape index (κ1) is 24.2. The van der Waals surface area contributed by atoms with Crippen molar-refractivity contribution < 1.29 is 14.3 Å². The van der Waals surface area contributed by atoms with E-state index < -0.39 is 0 Å². The van der Waals surface area contributed by atoms with Crippen LogP contribution >= 0.6 is 0 Å². The maximum absolute atomic E-state index is 12.9. The molecule has 0 bridgehead atoms. The zero-order valence-electron chi connectivity index (χ0n) is 19.5. The predicted molar refractivity (Wildman–Crippen MR) is 124 cm³/mol. The topological polar surface area (TPSA) is 88.5 Å². The quantitative estimate of drug-likeness (QED) is 0.619. The van der Waals surface area contributed by atoms with Crippen LogP contribution in [0.3, 0.4) is 0 Å². The smallest absolute Gasteiger partial charge is 0.322 e. The maximum Gasteiger partial charge on any atom is 0.322 e. The number of nitrogens with zero attached hydrogens (tertiary/aromatic N) is 3. The van der Waals surface area contributed by atoms with Crippen molar-refractivity contribution in [3.05, 3.63) is 36.0 Å². The minimum atomic E-state index is -0.337. The van der Waals surface area contributed by atoms with Gasteiger partial charge in [0.2, 0.25) is 5.91 Å². The minimum Gasteiger partial charge on any atom is -0.492 e. The van der Waals surface area contributed by atoms with E-state index in [-0.39, 0.29) is 23.9 Å². The maximum atomic E-state index is 12.9. The molecule has 0 saturated carbocycles. The standard InChI is InChI=1S/C23H35N5O3/c1-7-9-14-28(22(30)24-17-12-10-11-13-18(17)31-8-2)16-21(29)25-20-15-19(23(3,4)5)26-27(20)6/h10-13,15H,7-9,14,16H2,1-6H3,(H,24,30)(H,25,29). The summed E-state index contributed by atoms with van der Waals surface area (Å²) in [4.78, 5) is 27.2. The summed E-state index contributed by atoms with van der Waals surface area (Å²) in [5, 5.41) is 10.2. The summed E-state index contributed by atoms with van der Waals surface area (Å²) < 4.78 is 7.23. The van der Waals surface area contributed by atoms with E-state index in [1.807, 2.05) is 32.0 Å². The Balaban J connectivity index is 2.09. The lowest BCUT2D eigenvalue weighted by Gasteiger charge is -2.23. The van der Waals surface area contributed by atoms with Gasteiger partial charge in [0.25, 0.3) is 0 Å². The summed E-state index contributed by atoms with van der Waals surface area (Å²) >= 11 is 0. The first-order chi connectivity index (χ1) is 14.7. The van der Waals surface area contributed by atoms with Gasteiger partial charge in [-0.2, -0.15) is 5.10 Å². The van der Waals surface area contributed by atoms with Crippen molar-refractivity contribution in [2.45, 2.75) is 52.9 Å². The molecule has 1 heterocycles. The highest BCUT2D eigenvalue weighted by molar-refractivity contribution is 5.97. The highest BCUT2D eigenvalue weighted by Crippen LogP contribution is 2.25. The minimum absolute atomic E-state index is 0.0569. The number of unbranched alkanes of at least 4 members (excludes halogenated alkanes) is 1. The van der Waals surface area contributed by atoms with Crippen molar-refractivity contribution in [2.75, 3.05) is 30.3 Å². The largest absolute Gasteiger partial charge is 0.492 e. The second-order valence-electron chi connectivity index (χ2n) is 8.47. The molecule has 2 rings (SSSR count). The number of anilines is 2. The molecular weight excluding hydrogens is 394 g/mol. The molecule has 31 heavy (non-hydrogen) atoms. The van der Waals surface area contributed by atoms with Crippen LogP contribution in [0.25, 0.3) is 0 Å². The van der Waals surface area contributed by atoms with Crippen LogP contribution in [0, 0.1) is 0 Å². The SMILES string of the molecule is CCCCN(CC(=O)Nc1cc(C(C)(C)C)nn1C)C(=O)Nc1ccccc1OCC. The first-order valence-corrected chi connectivity index (χ1v) is 10.8. The molecule has 0 aliphatic heterocycles. The average Bonchev–Trinajstić information content (AvgIpc) is 3.07. The Kier molecular flexibility index (Phi) is 8.47. The second kappa shape index (κ2) is 10.8. The highest BCUT2D eigenvalue weighted by Gasteiger charge is 2.22. The number of amides is 3. The molecule has 170 valence electrons. The molecule has 8 nitrogen and oxygen atoms in total. The Bertz CT molecular complexity index is 886. The third-order valence-corrected chi connectivity index (χ3v) is 4.75. The van der Waals surface area contributed by atoms with Crippen LogP contribution in [0.2, 0.25) is 0 Å². The third-order valence-electron chi connectivity index (χ3n) is 4.75. The Hall–Kier alpha value is -3.03. The number of rotatable bonds is 9. The molecule has 3 amide bonds. The van der Waals surface area contributed by atoms with E-state index in [0.717, 1.165) is 18.5 Å². The van der Waals surface area contributed by atoms with Crippen molar-refractivity contribution in [1.82, 2.24) is 14.7 Å². The van der Waals surface area contributed by atoms with Crippen LogP contribution < -0.4 is 15.4 Å². The van der Waals surface area contributed by atoms with Gasteiger partial charge >= 0.3 is 6.03 Å². The van der Waals surface area contributed by atoms with E-state index in [1.165, 1.54) is 4.90 Å². The molecule has 0 spiro atoms. The molecule has 2 N–H and O–H groups in total. The third kappa shape index (κ3) is 7.01. The van der Waals surface area contributed by atoms with Crippen LogP contribution in [0.4, 0.5) is 16.3 Å². The van der Waals surface area contributed by atoms with Crippen LogP contribution in [0.15, 0.2) is 30.3 Å². The van der Waals surface area contributed by atoms with Gasteiger partial charge in [-0.3, -0.25) is 9.48 Å². The molecule has 1 aromatic heterocycles. The molecular formula is C23H35N5O3. The van der Waals surface area contributed by atoms with Gasteiger partial charge < -0.3 is 20.3 Å². The summed E-state index contributed by atoms with van der Waals surface area (Å²) in [5.74, 6) is 0.933. The van der Waals surface area contributed by atoms with Crippen molar-refractivity contribution in [2.24, 2.45) is 7.05 Å². The number of aryl methyl sites for hydroxylation is 1. The van der Waals surface area contributed by atoms with Crippen molar-refractivity contribution >= 4 is 23.4 Å². The fourth-order valence-corrected chi connectivity index (χ4v) is 2.95. The Morgan fingerprint density at radius 1 is 1.16 bits per heavy atom. The van der Waals surface area contributed by atoms with Gasteiger partial charge in [0.1, 0.15) is 18.1 Å². The molecule has 1 aromatic carbocycles. The normalized spacial score (nSPS) is 11.2. The summed E-state index contributed by atoms with van der Waals surface area (Å²) in [6.07, 6.45) is 1.71. The van der Waals surface area contributed by atoms with Gasteiger partial charge in [-0.25, -0.2) is 4.79 Å². The van der Waals surface area contributed by atoms with Crippen LogP contribution in [0.5, 0.6) is 5.75 Å². The summed E-state index contributed by atoms with van der Waals surface area (Å²) in [5.41, 5.74) is 1.35. The number of hydrogen-bond acceptors (Lipinski definition) is 4.